The molecule has 0 saturated carbocycles. The first kappa shape index (κ1) is 14.8. The lowest BCUT2D eigenvalue weighted by Crippen LogP contribution is -2.38. The SMILES string of the molecule is O=C(NCc1ccncc1)NC1CCSc2ccc(F)cc21. The molecule has 0 bridgehead atoms. The van der Waals surface area contributed by atoms with Crippen LogP contribution in [0.25, 0.3) is 0 Å². The fourth-order valence-corrected chi connectivity index (χ4v) is 3.51. The van der Waals surface area contributed by atoms with Crippen LogP contribution in [-0.2, 0) is 6.54 Å². The smallest absolute Gasteiger partial charge is 0.315 e. The zero-order valence-corrected chi connectivity index (χ0v) is 12.7. The van der Waals surface area contributed by atoms with Gasteiger partial charge in [0.1, 0.15) is 5.82 Å². The third-order valence-corrected chi connectivity index (χ3v) is 4.64. The molecule has 0 aliphatic carbocycles. The van der Waals surface area contributed by atoms with Gasteiger partial charge < -0.3 is 10.6 Å². The Balaban J connectivity index is 1.62. The van der Waals surface area contributed by atoms with Crippen molar-refractivity contribution in [2.45, 2.75) is 23.9 Å². The summed E-state index contributed by atoms with van der Waals surface area (Å²) in [5, 5.41) is 5.74. The first-order chi connectivity index (χ1) is 10.7. The van der Waals surface area contributed by atoms with E-state index in [0.29, 0.717) is 6.54 Å². The monoisotopic (exact) mass is 317 g/mol. The number of urea groups is 1. The Kier molecular flexibility index (Phi) is 4.58. The molecule has 1 aliphatic rings. The number of carbonyl (C=O) groups excluding carboxylic acids is 1. The van der Waals surface area contributed by atoms with Crippen LogP contribution in [0.3, 0.4) is 0 Å². The van der Waals surface area contributed by atoms with Crippen molar-refractivity contribution < 1.29 is 9.18 Å². The minimum atomic E-state index is -0.273. The van der Waals surface area contributed by atoms with E-state index < -0.39 is 0 Å². The molecule has 0 saturated heterocycles. The van der Waals surface area contributed by atoms with Gasteiger partial charge >= 0.3 is 6.03 Å². The van der Waals surface area contributed by atoms with Crippen molar-refractivity contribution >= 4 is 17.8 Å². The van der Waals surface area contributed by atoms with Gasteiger partial charge in [0.15, 0.2) is 0 Å². The number of benzene rings is 1. The lowest BCUT2D eigenvalue weighted by Gasteiger charge is -2.26. The van der Waals surface area contributed by atoms with Gasteiger partial charge in [-0.2, -0.15) is 0 Å². The van der Waals surface area contributed by atoms with E-state index in [4.69, 9.17) is 0 Å². The fourth-order valence-electron chi connectivity index (χ4n) is 2.41. The van der Waals surface area contributed by atoms with E-state index in [0.717, 1.165) is 28.2 Å². The molecule has 2 heterocycles. The lowest BCUT2D eigenvalue weighted by molar-refractivity contribution is 0.236. The molecule has 1 aliphatic heterocycles. The maximum absolute atomic E-state index is 13.4. The highest BCUT2D eigenvalue weighted by atomic mass is 32.2. The number of aromatic nitrogens is 1. The first-order valence-electron chi connectivity index (χ1n) is 7.08. The van der Waals surface area contributed by atoms with Crippen molar-refractivity contribution in [1.29, 1.82) is 0 Å². The second kappa shape index (κ2) is 6.79. The summed E-state index contributed by atoms with van der Waals surface area (Å²) in [5.74, 6) is 0.638. The van der Waals surface area contributed by atoms with Gasteiger partial charge in [-0.1, -0.05) is 0 Å². The number of hydrogen-bond acceptors (Lipinski definition) is 3. The van der Waals surface area contributed by atoms with Crippen molar-refractivity contribution in [3.63, 3.8) is 0 Å². The number of carbonyl (C=O) groups is 1. The molecule has 0 spiro atoms. The second-order valence-corrected chi connectivity index (χ2v) is 6.19. The van der Waals surface area contributed by atoms with Crippen molar-refractivity contribution in [2.75, 3.05) is 5.75 Å². The Labute approximate surface area is 132 Å². The first-order valence-corrected chi connectivity index (χ1v) is 8.06. The van der Waals surface area contributed by atoms with Crippen LogP contribution in [-0.4, -0.2) is 16.8 Å². The molecule has 3 rings (SSSR count). The maximum atomic E-state index is 13.4. The van der Waals surface area contributed by atoms with Crippen LogP contribution in [0, 0.1) is 5.82 Å². The summed E-state index contributed by atoms with van der Waals surface area (Å²) >= 11 is 1.69. The number of nitrogens with zero attached hydrogens (tertiary/aromatic N) is 1. The van der Waals surface area contributed by atoms with E-state index in [1.807, 2.05) is 12.1 Å². The molecule has 1 aromatic carbocycles. The molecule has 1 atom stereocenters. The molecule has 4 nitrogen and oxygen atoms in total. The fraction of sp³-hybridized carbons (Fsp3) is 0.250. The number of thioether (sulfide) groups is 1. The Morgan fingerprint density at radius 1 is 1.32 bits per heavy atom. The van der Waals surface area contributed by atoms with Crippen LogP contribution < -0.4 is 10.6 Å². The van der Waals surface area contributed by atoms with Crippen molar-refractivity contribution in [2.24, 2.45) is 0 Å². The Bertz CT molecular complexity index is 666. The Morgan fingerprint density at radius 3 is 2.95 bits per heavy atom. The van der Waals surface area contributed by atoms with Gasteiger partial charge in [0, 0.05) is 29.6 Å². The van der Waals surface area contributed by atoms with Gasteiger partial charge in [-0.3, -0.25) is 4.98 Å². The van der Waals surface area contributed by atoms with E-state index in [1.165, 1.54) is 12.1 Å². The van der Waals surface area contributed by atoms with Crippen LogP contribution in [0.4, 0.5) is 9.18 Å². The molecule has 114 valence electrons. The second-order valence-electron chi connectivity index (χ2n) is 5.05. The van der Waals surface area contributed by atoms with Gasteiger partial charge in [-0.25, -0.2) is 9.18 Å². The summed E-state index contributed by atoms with van der Waals surface area (Å²) < 4.78 is 13.4. The molecule has 2 amide bonds. The third kappa shape index (κ3) is 3.57. The highest BCUT2D eigenvalue weighted by Crippen LogP contribution is 2.36. The van der Waals surface area contributed by atoms with Crippen LogP contribution in [0.2, 0.25) is 0 Å². The van der Waals surface area contributed by atoms with Crippen LogP contribution in [0.1, 0.15) is 23.6 Å². The summed E-state index contributed by atoms with van der Waals surface area (Å²) in [7, 11) is 0. The highest BCUT2D eigenvalue weighted by molar-refractivity contribution is 7.99. The standard InChI is InChI=1S/C16H16FN3OS/c17-12-1-2-15-13(9-12)14(5-8-22-15)20-16(21)19-10-11-3-6-18-7-4-11/h1-4,6-7,9,14H,5,8,10H2,(H2,19,20,21). The van der Waals surface area contributed by atoms with E-state index in [2.05, 4.69) is 15.6 Å². The number of fused-ring (bicyclic) bond motifs is 1. The number of amides is 2. The molecule has 1 unspecified atom stereocenters. The normalized spacial score (nSPS) is 16.7. The molecule has 6 heteroatoms. The number of halogens is 1. The Morgan fingerprint density at radius 2 is 2.14 bits per heavy atom. The highest BCUT2D eigenvalue weighted by Gasteiger charge is 2.22. The zero-order valence-electron chi connectivity index (χ0n) is 11.9. The quantitative estimate of drug-likeness (QED) is 0.913. The molecule has 0 fully saturated rings. The number of hydrogen-bond donors (Lipinski definition) is 2. The number of nitrogens with one attached hydrogen (secondary N) is 2. The third-order valence-electron chi connectivity index (χ3n) is 3.52. The summed E-state index contributed by atoms with van der Waals surface area (Å²) in [6.07, 6.45) is 4.17. The minimum Gasteiger partial charge on any atom is -0.334 e. The topological polar surface area (TPSA) is 54.0 Å². The maximum Gasteiger partial charge on any atom is 0.315 e. The van der Waals surface area contributed by atoms with E-state index >= 15 is 0 Å². The van der Waals surface area contributed by atoms with Crippen molar-refractivity contribution in [3.05, 3.63) is 59.7 Å². The molecule has 2 N–H and O–H groups in total. The zero-order chi connectivity index (χ0) is 15.4. The summed E-state index contributed by atoms with van der Waals surface area (Å²) in [4.78, 5) is 17.0. The largest absolute Gasteiger partial charge is 0.334 e. The predicted molar refractivity (Wildman–Crippen MR) is 84.1 cm³/mol. The molecule has 22 heavy (non-hydrogen) atoms. The van der Waals surface area contributed by atoms with Gasteiger partial charge in [-0.05, 0) is 47.9 Å². The molecular formula is C16H16FN3OS. The van der Waals surface area contributed by atoms with Crippen molar-refractivity contribution in [3.8, 4) is 0 Å². The van der Waals surface area contributed by atoms with E-state index in [1.54, 1.807) is 30.2 Å². The van der Waals surface area contributed by atoms with Crippen LogP contribution in [0.15, 0.2) is 47.6 Å². The average Bonchev–Trinajstić information content (AvgIpc) is 2.54. The van der Waals surface area contributed by atoms with Gasteiger partial charge in [0.05, 0.1) is 6.04 Å². The summed E-state index contributed by atoms with van der Waals surface area (Å²) in [5.41, 5.74) is 1.84. The predicted octanol–water partition coefficient (Wildman–Crippen LogP) is 3.26. The summed E-state index contributed by atoms with van der Waals surface area (Å²) in [6.45, 7) is 0.436. The molecule has 2 aromatic rings. The minimum absolute atomic E-state index is 0.149. The number of pyridine rings is 1. The van der Waals surface area contributed by atoms with E-state index in [9.17, 15) is 9.18 Å². The Hall–Kier alpha value is -2.08. The average molecular weight is 317 g/mol. The number of rotatable bonds is 3. The molecule has 0 radical (unpaired) electrons. The van der Waals surface area contributed by atoms with E-state index in [-0.39, 0.29) is 17.9 Å². The lowest BCUT2D eigenvalue weighted by atomic mass is 10.0. The van der Waals surface area contributed by atoms with Crippen LogP contribution >= 0.6 is 11.8 Å². The van der Waals surface area contributed by atoms with Crippen molar-refractivity contribution in [1.82, 2.24) is 15.6 Å². The molecule has 1 aromatic heterocycles. The van der Waals surface area contributed by atoms with Gasteiger partial charge in [-0.15, -0.1) is 11.8 Å². The molecular weight excluding hydrogens is 301 g/mol. The van der Waals surface area contributed by atoms with Gasteiger partial charge in [0.2, 0.25) is 0 Å². The summed E-state index contributed by atoms with van der Waals surface area (Å²) in [6, 6.07) is 8.04. The van der Waals surface area contributed by atoms with Crippen LogP contribution in [0.5, 0.6) is 0 Å². The van der Waals surface area contributed by atoms with Gasteiger partial charge in [0.25, 0.3) is 0 Å².